The first-order valence-electron chi connectivity index (χ1n) is 4.01. The van der Waals surface area contributed by atoms with Crippen molar-refractivity contribution in [3.05, 3.63) is 23.7 Å². The number of Topliss-reactive ketones (excluding diaryl/α,β-unsaturated/α-hetero) is 1. The molecule has 0 aliphatic rings. The van der Waals surface area contributed by atoms with E-state index >= 15 is 0 Å². The van der Waals surface area contributed by atoms with Gasteiger partial charge in [-0.1, -0.05) is 0 Å². The number of aryl methyl sites for hydroxylation is 1. The highest BCUT2D eigenvalue weighted by Crippen LogP contribution is 2.13. The summed E-state index contributed by atoms with van der Waals surface area (Å²) in [6.07, 6.45) is 1.60. The molecule has 2 aromatic rings. The lowest BCUT2D eigenvalue weighted by molar-refractivity contribution is 0.101. The van der Waals surface area contributed by atoms with E-state index in [1.165, 1.54) is 6.92 Å². The number of hydrogen-bond donors (Lipinski definition) is 1. The van der Waals surface area contributed by atoms with Crippen LogP contribution in [0, 0.1) is 6.92 Å². The van der Waals surface area contributed by atoms with E-state index in [-0.39, 0.29) is 5.78 Å². The molecule has 4 nitrogen and oxygen atoms in total. The van der Waals surface area contributed by atoms with Gasteiger partial charge < -0.3 is 4.98 Å². The normalized spacial score (nSPS) is 10.6. The van der Waals surface area contributed by atoms with Crippen LogP contribution in [0.25, 0.3) is 11.2 Å². The molecule has 0 aliphatic carbocycles. The zero-order valence-corrected chi connectivity index (χ0v) is 7.46. The number of aromatic nitrogens is 3. The lowest BCUT2D eigenvalue weighted by atomic mass is 10.2. The minimum absolute atomic E-state index is 0.0241. The van der Waals surface area contributed by atoms with Gasteiger partial charge in [0.15, 0.2) is 11.4 Å². The summed E-state index contributed by atoms with van der Waals surface area (Å²) in [6.45, 7) is 3.37. The van der Waals surface area contributed by atoms with E-state index in [9.17, 15) is 4.79 Å². The standard InChI is InChI=1S/C9H9N3O/c1-5(13)7-3-4-10-9-8(7)11-6(2)12-9/h3-4H,1-2H3,(H,10,11,12). The van der Waals surface area contributed by atoms with Crippen LogP contribution in [0.5, 0.6) is 0 Å². The molecule has 1 N–H and O–H groups in total. The summed E-state index contributed by atoms with van der Waals surface area (Å²) in [5, 5.41) is 0. The van der Waals surface area contributed by atoms with Crippen molar-refractivity contribution in [1.29, 1.82) is 0 Å². The van der Waals surface area contributed by atoms with Crippen LogP contribution in [0.4, 0.5) is 0 Å². The van der Waals surface area contributed by atoms with Crippen molar-refractivity contribution >= 4 is 16.9 Å². The van der Waals surface area contributed by atoms with Crippen LogP contribution >= 0.6 is 0 Å². The van der Waals surface area contributed by atoms with E-state index in [4.69, 9.17) is 0 Å². The molecule has 0 saturated heterocycles. The second-order valence-electron chi connectivity index (χ2n) is 2.94. The third-order valence-electron chi connectivity index (χ3n) is 1.89. The maximum absolute atomic E-state index is 11.2. The Morgan fingerprint density at radius 2 is 2.31 bits per heavy atom. The zero-order chi connectivity index (χ0) is 9.42. The van der Waals surface area contributed by atoms with Gasteiger partial charge in [-0.05, 0) is 19.9 Å². The summed E-state index contributed by atoms with van der Waals surface area (Å²) in [5.74, 6) is 0.798. The fourth-order valence-electron chi connectivity index (χ4n) is 1.32. The van der Waals surface area contributed by atoms with Gasteiger partial charge in [0.05, 0.1) is 5.52 Å². The SMILES string of the molecule is CC(=O)c1ccnc2nc(C)[nH]c12. The number of nitrogens with zero attached hydrogens (tertiary/aromatic N) is 2. The monoisotopic (exact) mass is 175 g/mol. The highest BCUT2D eigenvalue weighted by molar-refractivity contribution is 6.03. The van der Waals surface area contributed by atoms with Gasteiger partial charge >= 0.3 is 0 Å². The third-order valence-corrected chi connectivity index (χ3v) is 1.89. The van der Waals surface area contributed by atoms with Crippen LogP contribution in [-0.4, -0.2) is 20.7 Å². The number of hydrogen-bond acceptors (Lipinski definition) is 3. The van der Waals surface area contributed by atoms with E-state index in [2.05, 4.69) is 15.0 Å². The molecule has 0 saturated carbocycles. The molecule has 2 heterocycles. The Kier molecular flexibility index (Phi) is 1.62. The largest absolute Gasteiger partial charge is 0.340 e. The molecule has 0 aliphatic heterocycles. The van der Waals surface area contributed by atoms with Gasteiger partial charge in [0.25, 0.3) is 0 Å². The van der Waals surface area contributed by atoms with Crippen molar-refractivity contribution < 1.29 is 4.79 Å². The number of rotatable bonds is 1. The van der Waals surface area contributed by atoms with Gasteiger partial charge in [0.1, 0.15) is 5.82 Å². The maximum atomic E-state index is 11.2. The summed E-state index contributed by atoms with van der Waals surface area (Å²) in [5.41, 5.74) is 1.98. The van der Waals surface area contributed by atoms with Crippen LogP contribution in [0.15, 0.2) is 12.3 Å². The number of imidazole rings is 1. The van der Waals surface area contributed by atoms with Crippen LogP contribution in [0.1, 0.15) is 23.1 Å². The lowest BCUT2D eigenvalue weighted by Crippen LogP contribution is -1.94. The summed E-state index contributed by atoms with van der Waals surface area (Å²) in [6, 6.07) is 1.70. The molecule has 0 unspecified atom stereocenters. The van der Waals surface area contributed by atoms with Crippen LogP contribution in [-0.2, 0) is 0 Å². The first-order chi connectivity index (χ1) is 6.18. The van der Waals surface area contributed by atoms with Gasteiger partial charge in [0.2, 0.25) is 0 Å². The van der Waals surface area contributed by atoms with E-state index in [1.54, 1.807) is 12.3 Å². The second kappa shape index (κ2) is 2.65. The third kappa shape index (κ3) is 1.20. The average Bonchev–Trinajstić information content (AvgIpc) is 2.43. The number of aromatic amines is 1. The first-order valence-corrected chi connectivity index (χ1v) is 4.01. The Balaban J connectivity index is 2.82. The second-order valence-corrected chi connectivity index (χ2v) is 2.94. The molecule has 0 bridgehead atoms. The molecule has 0 amide bonds. The Morgan fingerprint density at radius 3 is 3.00 bits per heavy atom. The smallest absolute Gasteiger partial charge is 0.178 e. The van der Waals surface area contributed by atoms with Crippen LogP contribution in [0.2, 0.25) is 0 Å². The van der Waals surface area contributed by atoms with Crippen LogP contribution < -0.4 is 0 Å². The van der Waals surface area contributed by atoms with E-state index < -0.39 is 0 Å². The van der Waals surface area contributed by atoms with Crippen molar-refractivity contribution in [3.8, 4) is 0 Å². The Morgan fingerprint density at radius 1 is 1.54 bits per heavy atom. The molecule has 0 spiro atoms. The predicted octanol–water partition coefficient (Wildman–Crippen LogP) is 1.47. The number of fused-ring (bicyclic) bond motifs is 1. The minimum Gasteiger partial charge on any atom is -0.340 e. The van der Waals surface area contributed by atoms with Crippen molar-refractivity contribution in [2.24, 2.45) is 0 Å². The highest BCUT2D eigenvalue weighted by atomic mass is 16.1. The lowest BCUT2D eigenvalue weighted by Gasteiger charge is -1.94. The Bertz CT molecular complexity index is 473. The molecule has 0 aromatic carbocycles. The van der Waals surface area contributed by atoms with Crippen molar-refractivity contribution in [2.75, 3.05) is 0 Å². The van der Waals surface area contributed by atoms with Gasteiger partial charge in [-0.3, -0.25) is 4.79 Å². The number of carbonyl (C=O) groups is 1. The molecule has 13 heavy (non-hydrogen) atoms. The zero-order valence-electron chi connectivity index (χ0n) is 7.46. The molecule has 4 heteroatoms. The number of H-pyrrole nitrogens is 1. The molecule has 0 atom stereocenters. The topological polar surface area (TPSA) is 58.6 Å². The number of carbonyl (C=O) groups excluding carboxylic acids is 1. The Hall–Kier alpha value is -1.71. The fraction of sp³-hybridized carbons (Fsp3) is 0.222. The van der Waals surface area contributed by atoms with Crippen molar-refractivity contribution in [1.82, 2.24) is 15.0 Å². The first kappa shape index (κ1) is 7.91. The highest BCUT2D eigenvalue weighted by Gasteiger charge is 2.08. The molecular formula is C9H9N3O. The summed E-state index contributed by atoms with van der Waals surface area (Å²) < 4.78 is 0. The van der Waals surface area contributed by atoms with E-state index in [0.717, 1.165) is 11.3 Å². The van der Waals surface area contributed by atoms with Gasteiger partial charge in [-0.25, -0.2) is 9.97 Å². The minimum atomic E-state index is 0.0241. The molecule has 2 aromatic heterocycles. The van der Waals surface area contributed by atoms with Crippen LogP contribution in [0.3, 0.4) is 0 Å². The molecular weight excluding hydrogens is 166 g/mol. The number of ketones is 1. The molecule has 0 radical (unpaired) electrons. The predicted molar refractivity (Wildman–Crippen MR) is 48.6 cm³/mol. The summed E-state index contributed by atoms with van der Waals surface area (Å²) >= 11 is 0. The van der Waals surface area contributed by atoms with Gasteiger partial charge in [0, 0.05) is 11.8 Å². The molecule has 2 rings (SSSR count). The average molecular weight is 175 g/mol. The fourth-order valence-corrected chi connectivity index (χ4v) is 1.32. The maximum Gasteiger partial charge on any atom is 0.178 e. The molecule has 66 valence electrons. The van der Waals surface area contributed by atoms with E-state index in [1.807, 2.05) is 6.92 Å². The number of pyridine rings is 1. The Labute approximate surface area is 75.0 Å². The van der Waals surface area contributed by atoms with Gasteiger partial charge in [-0.15, -0.1) is 0 Å². The summed E-state index contributed by atoms with van der Waals surface area (Å²) in [4.78, 5) is 22.4. The number of nitrogens with one attached hydrogen (secondary N) is 1. The van der Waals surface area contributed by atoms with Gasteiger partial charge in [-0.2, -0.15) is 0 Å². The van der Waals surface area contributed by atoms with Crippen molar-refractivity contribution in [2.45, 2.75) is 13.8 Å². The molecule has 0 fully saturated rings. The summed E-state index contributed by atoms with van der Waals surface area (Å²) in [7, 11) is 0. The quantitative estimate of drug-likeness (QED) is 0.667. The van der Waals surface area contributed by atoms with E-state index in [0.29, 0.717) is 11.2 Å². The van der Waals surface area contributed by atoms with Crippen molar-refractivity contribution in [3.63, 3.8) is 0 Å².